The highest BCUT2D eigenvalue weighted by Crippen LogP contribution is 2.14. The molecule has 1 aliphatic rings. The molecule has 76 valence electrons. The molecule has 0 saturated carbocycles. The molecule has 3 nitrogen and oxygen atoms in total. The summed E-state index contributed by atoms with van der Waals surface area (Å²) in [6.45, 7) is 1.83. The van der Waals surface area contributed by atoms with Gasteiger partial charge in [-0.3, -0.25) is 4.79 Å². The predicted octanol–water partition coefficient (Wildman–Crippen LogP) is 2.16. The lowest BCUT2D eigenvalue weighted by atomic mass is 10.2. The summed E-state index contributed by atoms with van der Waals surface area (Å²) >= 11 is 1.29. The molecule has 0 bridgehead atoms. The van der Waals surface area contributed by atoms with E-state index in [9.17, 15) is 4.79 Å². The van der Waals surface area contributed by atoms with Crippen molar-refractivity contribution in [1.29, 1.82) is 0 Å². The minimum atomic E-state index is 0.161. The highest BCUT2D eigenvalue weighted by molar-refractivity contribution is 7.08. The van der Waals surface area contributed by atoms with Gasteiger partial charge in [0.2, 0.25) is 0 Å². The van der Waals surface area contributed by atoms with Gasteiger partial charge < -0.3 is 4.90 Å². The van der Waals surface area contributed by atoms with Crippen molar-refractivity contribution in [2.75, 3.05) is 13.1 Å². The summed E-state index contributed by atoms with van der Waals surface area (Å²) in [5, 5.41) is 0. The van der Waals surface area contributed by atoms with E-state index in [-0.39, 0.29) is 5.91 Å². The second kappa shape index (κ2) is 4.55. The van der Waals surface area contributed by atoms with Crippen molar-refractivity contribution < 1.29 is 4.79 Å². The number of nitrogens with zero attached hydrogens (tertiary/aromatic N) is 2. The van der Waals surface area contributed by atoms with Gasteiger partial charge in [0.1, 0.15) is 4.88 Å². The Morgan fingerprint density at radius 3 is 2.57 bits per heavy atom. The Morgan fingerprint density at radius 1 is 1.29 bits per heavy atom. The van der Waals surface area contributed by atoms with E-state index in [0.717, 1.165) is 30.8 Å². The van der Waals surface area contributed by atoms with E-state index in [1.807, 2.05) is 4.90 Å². The minimum Gasteiger partial charge on any atom is -0.338 e. The van der Waals surface area contributed by atoms with E-state index in [2.05, 4.69) is 4.37 Å². The van der Waals surface area contributed by atoms with Gasteiger partial charge in [0.25, 0.3) is 5.91 Å². The highest BCUT2D eigenvalue weighted by Gasteiger charge is 2.17. The topological polar surface area (TPSA) is 33.2 Å². The van der Waals surface area contributed by atoms with Gasteiger partial charge in [-0.1, -0.05) is 12.8 Å². The summed E-state index contributed by atoms with van der Waals surface area (Å²) in [7, 11) is 0. The molecule has 0 N–H and O–H groups in total. The molecular formula is C10H14N2OS. The van der Waals surface area contributed by atoms with E-state index < -0.39 is 0 Å². The number of amides is 1. The zero-order valence-electron chi connectivity index (χ0n) is 8.11. The van der Waals surface area contributed by atoms with Crippen molar-refractivity contribution in [3.8, 4) is 0 Å². The Balaban J connectivity index is 2.03. The van der Waals surface area contributed by atoms with E-state index in [1.165, 1.54) is 24.4 Å². The van der Waals surface area contributed by atoms with Crippen LogP contribution in [-0.2, 0) is 0 Å². The average molecular weight is 210 g/mol. The van der Waals surface area contributed by atoms with Crippen LogP contribution in [-0.4, -0.2) is 28.3 Å². The smallest absolute Gasteiger partial charge is 0.265 e. The fraction of sp³-hybridized carbons (Fsp3) is 0.600. The quantitative estimate of drug-likeness (QED) is 0.711. The maximum Gasteiger partial charge on any atom is 0.265 e. The Kier molecular flexibility index (Phi) is 3.14. The van der Waals surface area contributed by atoms with Crippen LogP contribution in [0.3, 0.4) is 0 Å². The fourth-order valence-corrected chi connectivity index (χ4v) is 2.32. The molecule has 4 heteroatoms. The lowest BCUT2D eigenvalue weighted by Gasteiger charge is -2.18. The first-order chi connectivity index (χ1) is 6.88. The molecule has 1 fully saturated rings. The Hall–Kier alpha value is -0.900. The first-order valence-electron chi connectivity index (χ1n) is 5.08. The lowest BCUT2D eigenvalue weighted by molar-refractivity contribution is 0.0766. The van der Waals surface area contributed by atoms with Gasteiger partial charge in [0, 0.05) is 19.3 Å². The van der Waals surface area contributed by atoms with Crippen LogP contribution in [0.5, 0.6) is 0 Å². The van der Waals surface area contributed by atoms with Crippen molar-refractivity contribution in [3.63, 3.8) is 0 Å². The number of carbonyl (C=O) groups excluding carboxylic acids is 1. The number of likely N-dealkylation sites (tertiary alicyclic amines) is 1. The fourth-order valence-electron chi connectivity index (χ4n) is 1.76. The normalized spacial score (nSPS) is 17.9. The molecule has 0 unspecified atom stereocenters. The van der Waals surface area contributed by atoms with Gasteiger partial charge in [-0.05, 0) is 30.4 Å². The van der Waals surface area contributed by atoms with Crippen molar-refractivity contribution >= 4 is 17.4 Å². The van der Waals surface area contributed by atoms with Crippen LogP contribution in [0.1, 0.15) is 35.4 Å². The van der Waals surface area contributed by atoms with Crippen molar-refractivity contribution in [3.05, 3.63) is 17.1 Å². The van der Waals surface area contributed by atoms with E-state index >= 15 is 0 Å². The maximum atomic E-state index is 11.9. The van der Waals surface area contributed by atoms with Gasteiger partial charge in [-0.2, -0.15) is 0 Å². The van der Waals surface area contributed by atoms with E-state index in [4.69, 9.17) is 0 Å². The number of hydrogen-bond donors (Lipinski definition) is 0. The molecule has 1 aromatic heterocycles. The molecule has 14 heavy (non-hydrogen) atoms. The van der Waals surface area contributed by atoms with Crippen molar-refractivity contribution in [2.45, 2.75) is 25.7 Å². The molecule has 1 amide bonds. The van der Waals surface area contributed by atoms with E-state index in [0.29, 0.717) is 0 Å². The molecule has 0 spiro atoms. The maximum absolute atomic E-state index is 11.9. The zero-order valence-corrected chi connectivity index (χ0v) is 8.92. The molecule has 0 atom stereocenters. The first kappa shape index (κ1) is 9.65. The third-order valence-corrected chi connectivity index (χ3v) is 3.28. The summed E-state index contributed by atoms with van der Waals surface area (Å²) in [5.41, 5.74) is 0. The van der Waals surface area contributed by atoms with Crippen LogP contribution in [0, 0.1) is 0 Å². The highest BCUT2D eigenvalue weighted by atomic mass is 32.1. The van der Waals surface area contributed by atoms with Crippen molar-refractivity contribution in [2.24, 2.45) is 0 Å². The molecule has 1 aliphatic heterocycles. The molecule has 1 saturated heterocycles. The summed E-state index contributed by atoms with van der Waals surface area (Å²) in [4.78, 5) is 14.6. The van der Waals surface area contributed by atoms with Crippen LogP contribution >= 0.6 is 11.5 Å². The molecule has 2 heterocycles. The zero-order chi connectivity index (χ0) is 9.80. The SMILES string of the molecule is O=C(c1ccns1)N1CCCCCC1. The predicted molar refractivity (Wildman–Crippen MR) is 56.5 cm³/mol. The number of hydrogen-bond acceptors (Lipinski definition) is 3. The Morgan fingerprint density at radius 2 is 2.00 bits per heavy atom. The summed E-state index contributed by atoms with van der Waals surface area (Å²) in [6.07, 6.45) is 6.49. The van der Waals surface area contributed by atoms with Gasteiger partial charge >= 0.3 is 0 Å². The monoisotopic (exact) mass is 210 g/mol. The number of rotatable bonds is 1. The van der Waals surface area contributed by atoms with Crippen molar-refractivity contribution in [1.82, 2.24) is 9.27 Å². The van der Waals surface area contributed by atoms with Gasteiger partial charge in [0.15, 0.2) is 0 Å². The van der Waals surface area contributed by atoms with Crippen LogP contribution in [0.15, 0.2) is 12.3 Å². The average Bonchev–Trinajstić information content (AvgIpc) is 2.59. The van der Waals surface area contributed by atoms with Crippen LogP contribution in [0.2, 0.25) is 0 Å². The minimum absolute atomic E-state index is 0.161. The van der Waals surface area contributed by atoms with Crippen LogP contribution < -0.4 is 0 Å². The Bertz CT molecular complexity index is 289. The second-order valence-corrected chi connectivity index (χ2v) is 4.42. The third-order valence-electron chi connectivity index (χ3n) is 2.54. The molecule has 1 aromatic rings. The summed E-state index contributed by atoms with van der Waals surface area (Å²) in [6, 6.07) is 1.80. The summed E-state index contributed by atoms with van der Waals surface area (Å²) in [5.74, 6) is 0.161. The Labute approximate surface area is 87.9 Å². The molecule has 2 rings (SSSR count). The van der Waals surface area contributed by atoms with Crippen LogP contribution in [0.25, 0.3) is 0 Å². The van der Waals surface area contributed by atoms with Gasteiger partial charge in [0.05, 0.1) is 0 Å². The van der Waals surface area contributed by atoms with E-state index in [1.54, 1.807) is 12.3 Å². The lowest BCUT2D eigenvalue weighted by Crippen LogP contribution is -2.31. The largest absolute Gasteiger partial charge is 0.338 e. The summed E-state index contributed by atoms with van der Waals surface area (Å²) < 4.78 is 3.96. The molecule has 0 aromatic carbocycles. The number of carbonyl (C=O) groups is 1. The number of aromatic nitrogens is 1. The third kappa shape index (κ3) is 2.12. The molecular weight excluding hydrogens is 196 g/mol. The first-order valence-corrected chi connectivity index (χ1v) is 5.85. The standard InChI is InChI=1S/C10H14N2OS/c13-10(9-5-6-11-14-9)12-7-3-1-2-4-8-12/h5-6H,1-4,7-8H2. The molecule has 0 radical (unpaired) electrons. The van der Waals surface area contributed by atoms with Gasteiger partial charge in [-0.25, -0.2) is 4.37 Å². The van der Waals surface area contributed by atoms with Crippen LogP contribution in [0.4, 0.5) is 0 Å². The molecule has 0 aliphatic carbocycles. The van der Waals surface area contributed by atoms with Gasteiger partial charge in [-0.15, -0.1) is 0 Å². The second-order valence-electron chi connectivity index (χ2n) is 3.58.